The summed E-state index contributed by atoms with van der Waals surface area (Å²) in [6, 6.07) is 2.05. The molecule has 7 heteroatoms. The Morgan fingerprint density at radius 2 is 2.17 bits per heavy atom. The van der Waals surface area contributed by atoms with Crippen molar-refractivity contribution in [1.29, 1.82) is 0 Å². The molecule has 24 heavy (non-hydrogen) atoms. The van der Waals surface area contributed by atoms with Crippen molar-refractivity contribution in [3.8, 4) is 0 Å². The predicted molar refractivity (Wildman–Crippen MR) is 91.8 cm³/mol. The zero-order chi connectivity index (χ0) is 16.1. The largest absolute Gasteiger partial charge is 0.368 e. The Balaban J connectivity index is 1.56. The van der Waals surface area contributed by atoms with Gasteiger partial charge in [-0.05, 0) is 37.3 Å². The van der Waals surface area contributed by atoms with Crippen LogP contribution in [0.4, 0.5) is 11.8 Å². The van der Waals surface area contributed by atoms with Crippen LogP contribution >= 0.6 is 0 Å². The van der Waals surface area contributed by atoms with E-state index in [4.69, 9.17) is 5.73 Å². The number of nitrogens with zero attached hydrogens (tertiary/aromatic N) is 5. The number of rotatable bonds is 1. The van der Waals surface area contributed by atoms with Crippen LogP contribution in [0.2, 0.25) is 0 Å². The molecule has 7 nitrogen and oxygen atoms in total. The van der Waals surface area contributed by atoms with E-state index >= 15 is 0 Å². The molecule has 4 heterocycles. The Morgan fingerprint density at radius 3 is 3.12 bits per heavy atom. The standard InChI is InChI=1S/C17H19N7/c18-16-20-8-11-2-5-17(13(11)23-16)4-1-7-24(9-17)15-12-3-6-19-14(12)21-10-22-15/h3,6,8,10H,1-2,4-5,7,9H2,(H2,18,20,23)(H,19,21,22). The lowest BCUT2D eigenvalue weighted by molar-refractivity contribution is 0.334. The monoisotopic (exact) mass is 321 g/mol. The van der Waals surface area contributed by atoms with Gasteiger partial charge in [0.2, 0.25) is 5.95 Å². The molecule has 3 N–H and O–H groups in total. The highest BCUT2D eigenvalue weighted by Gasteiger charge is 2.44. The van der Waals surface area contributed by atoms with E-state index in [1.165, 1.54) is 5.56 Å². The van der Waals surface area contributed by atoms with Crippen LogP contribution in [-0.4, -0.2) is 38.0 Å². The van der Waals surface area contributed by atoms with E-state index in [-0.39, 0.29) is 5.41 Å². The van der Waals surface area contributed by atoms with E-state index in [2.05, 4.69) is 35.9 Å². The molecule has 1 aliphatic heterocycles. The van der Waals surface area contributed by atoms with Gasteiger partial charge < -0.3 is 15.6 Å². The van der Waals surface area contributed by atoms with Crippen molar-refractivity contribution in [1.82, 2.24) is 24.9 Å². The maximum absolute atomic E-state index is 5.87. The lowest BCUT2D eigenvalue weighted by Gasteiger charge is -2.41. The van der Waals surface area contributed by atoms with Crippen molar-refractivity contribution in [3.63, 3.8) is 0 Å². The molecule has 1 fully saturated rings. The highest BCUT2D eigenvalue weighted by molar-refractivity contribution is 5.87. The Morgan fingerprint density at radius 1 is 1.21 bits per heavy atom. The number of H-pyrrole nitrogens is 1. The molecule has 122 valence electrons. The lowest BCUT2D eigenvalue weighted by atomic mass is 9.77. The number of anilines is 2. The number of aromatic nitrogens is 5. The number of nitrogens with one attached hydrogen (secondary N) is 1. The summed E-state index contributed by atoms with van der Waals surface area (Å²) in [5, 5.41) is 1.08. The van der Waals surface area contributed by atoms with Crippen molar-refractivity contribution in [2.45, 2.75) is 31.1 Å². The number of aromatic amines is 1. The zero-order valence-corrected chi connectivity index (χ0v) is 13.4. The van der Waals surface area contributed by atoms with Gasteiger partial charge in [0.15, 0.2) is 0 Å². The van der Waals surface area contributed by atoms with Gasteiger partial charge >= 0.3 is 0 Å². The average Bonchev–Trinajstić information content (AvgIpc) is 3.21. The molecular weight excluding hydrogens is 302 g/mol. The van der Waals surface area contributed by atoms with E-state index in [0.29, 0.717) is 5.95 Å². The van der Waals surface area contributed by atoms with Gasteiger partial charge in [0.25, 0.3) is 0 Å². The minimum absolute atomic E-state index is 0.0677. The summed E-state index contributed by atoms with van der Waals surface area (Å²) in [7, 11) is 0. The van der Waals surface area contributed by atoms with Gasteiger partial charge in [-0.1, -0.05) is 0 Å². The summed E-state index contributed by atoms with van der Waals surface area (Å²) < 4.78 is 0. The van der Waals surface area contributed by atoms with Gasteiger partial charge in [0.05, 0.1) is 11.1 Å². The second-order valence-electron chi connectivity index (χ2n) is 6.84. The number of aryl methyl sites for hydroxylation is 1. The topological polar surface area (TPSA) is 96.6 Å². The Labute approximate surface area is 139 Å². The molecule has 0 radical (unpaired) electrons. The lowest BCUT2D eigenvalue weighted by Crippen LogP contribution is -2.46. The maximum atomic E-state index is 5.87. The van der Waals surface area contributed by atoms with Crippen LogP contribution in [0.5, 0.6) is 0 Å². The van der Waals surface area contributed by atoms with Crippen molar-refractivity contribution < 1.29 is 0 Å². The van der Waals surface area contributed by atoms with Crippen LogP contribution in [0.15, 0.2) is 24.8 Å². The molecule has 0 saturated carbocycles. The first-order chi connectivity index (χ1) is 11.8. The van der Waals surface area contributed by atoms with Crippen LogP contribution in [-0.2, 0) is 11.8 Å². The normalized spacial score (nSPS) is 23.1. The minimum Gasteiger partial charge on any atom is -0.368 e. The van der Waals surface area contributed by atoms with Crippen molar-refractivity contribution in [2.75, 3.05) is 23.7 Å². The number of hydrogen-bond donors (Lipinski definition) is 2. The number of nitrogens with two attached hydrogens (primary N) is 1. The number of piperidine rings is 1. The quantitative estimate of drug-likeness (QED) is 0.709. The SMILES string of the molecule is Nc1ncc2c(n1)C1(CCCN(c3ncnc4[nH]ccc34)C1)CC2. The Kier molecular flexibility index (Phi) is 2.80. The molecule has 0 aromatic carbocycles. The minimum atomic E-state index is 0.0677. The zero-order valence-electron chi connectivity index (χ0n) is 13.4. The first-order valence-corrected chi connectivity index (χ1v) is 8.40. The van der Waals surface area contributed by atoms with Gasteiger partial charge in [-0.25, -0.2) is 19.9 Å². The van der Waals surface area contributed by atoms with Gasteiger partial charge in [-0.15, -0.1) is 0 Å². The maximum Gasteiger partial charge on any atom is 0.220 e. The third-order valence-corrected chi connectivity index (χ3v) is 5.47. The fourth-order valence-electron chi connectivity index (χ4n) is 4.38. The first-order valence-electron chi connectivity index (χ1n) is 8.40. The second kappa shape index (κ2) is 4.90. The molecule has 1 atom stereocenters. The van der Waals surface area contributed by atoms with Crippen molar-refractivity contribution in [3.05, 3.63) is 36.0 Å². The molecule has 5 rings (SSSR count). The average molecular weight is 321 g/mol. The van der Waals surface area contributed by atoms with Crippen LogP contribution in [0.1, 0.15) is 30.5 Å². The highest BCUT2D eigenvalue weighted by atomic mass is 15.2. The van der Waals surface area contributed by atoms with Crippen molar-refractivity contribution in [2.24, 2.45) is 0 Å². The fraction of sp³-hybridized carbons (Fsp3) is 0.412. The molecule has 3 aromatic heterocycles. The van der Waals surface area contributed by atoms with Crippen LogP contribution in [0.25, 0.3) is 11.0 Å². The predicted octanol–water partition coefficient (Wildman–Crippen LogP) is 1.81. The van der Waals surface area contributed by atoms with E-state index in [9.17, 15) is 0 Å². The fourth-order valence-corrected chi connectivity index (χ4v) is 4.38. The van der Waals surface area contributed by atoms with Crippen LogP contribution < -0.4 is 10.6 Å². The van der Waals surface area contributed by atoms with Crippen molar-refractivity contribution >= 4 is 22.8 Å². The van der Waals surface area contributed by atoms with E-state index < -0.39 is 0 Å². The van der Waals surface area contributed by atoms with Gasteiger partial charge in [-0.2, -0.15) is 0 Å². The summed E-state index contributed by atoms with van der Waals surface area (Å²) in [4.78, 5) is 23.2. The summed E-state index contributed by atoms with van der Waals surface area (Å²) in [5.74, 6) is 1.39. The Bertz CT molecular complexity index is 914. The third-order valence-electron chi connectivity index (χ3n) is 5.47. The summed E-state index contributed by atoms with van der Waals surface area (Å²) >= 11 is 0. The van der Waals surface area contributed by atoms with Crippen LogP contribution in [0.3, 0.4) is 0 Å². The molecule has 1 aliphatic carbocycles. The number of fused-ring (bicyclic) bond motifs is 3. The number of nitrogen functional groups attached to an aromatic ring is 1. The van der Waals surface area contributed by atoms with Gasteiger partial charge in [0.1, 0.15) is 17.8 Å². The summed E-state index contributed by atoms with van der Waals surface area (Å²) in [6.07, 6.45) is 9.87. The smallest absolute Gasteiger partial charge is 0.220 e. The number of hydrogen-bond acceptors (Lipinski definition) is 6. The molecule has 1 saturated heterocycles. The second-order valence-corrected chi connectivity index (χ2v) is 6.84. The highest BCUT2D eigenvalue weighted by Crippen LogP contribution is 2.45. The summed E-state index contributed by atoms with van der Waals surface area (Å²) in [5.41, 5.74) is 9.22. The van der Waals surface area contributed by atoms with E-state index in [0.717, 1.165) is 61.3 Å². The summed E-state index contributed by atoms with van der Waals surface area (Å²) in [6.45, 7) is 1.93. The molecule has 1 unspecified atom stereocenters. The van der Waals surface area contributed by atoms with Crippen LogP contribution in [0, 0.1) is 0 Å². The molecule has 2 aliphatic rings. The first kappa shape index (κ1) is 13.7. The molecule has 3 aromatic rings. The molecule has 1 spiro atoms. The Hall–Kier alpha value is -2.70. The van der Waals surface area contributed by atoms with E-state index in [1.54, 1.807) is 6.33 Å². The molecule has 0 amide bonds. The van der Waals surface area contributed by atoms with Gasteiger partial charge in [0, 0.05) is 30.9 Å². The van der Waals surface area contributed by atoms with Gasteiger partial charge in [-0.3, -0.25) is 0 Å². The molecule has 0 bridgehead atoms. The third kappa shape index (κ3) is 1.90. The molecular formula is C17H19N7. The van der Waals surface area contributed by atoms with E-state index in [1.807, 2.05) is 12.4 Å².